The van der Waals surface area contributed by atoms with Gasteiger partial charge < -0.3 is 4.74 Å². The van der Waals surface area contributed by atoms with Crippen molar-refractivity contribution in [2.45, 2.75) is 44.0 Å². The number of fused-ring (bicyclic) bond motifs is 1. The molecule has 1 atom stereocenters. The van der Waals surface area contributed by atoms with Gasteiger partial charge in [-0.3, -0.25) is 14.6 Å². The van der Waals surface area contributed by atoms with Crippen molar-refractivity contribution in [3.05, 3.63) is 53.3 Å². The number of hydrogen-bond donors (Lipinski definition) is 0. The van der Waals surface area contributed by atoms with E-state index in [-0.39, 0.29) is 17.3 Å². The van der Waals surface area contributed by atoms with Gasteiger partial charge in [0.05, 0.1) is 28.3 Å². The summed E-state index contributed by atoms with van der Waals surface area (Å²) in [5.41, 5.74) is 3.04. The lowest BCUT2D eigenvalue weighted by molar-refractivity contribution is -0.121. The summed E-state index contributed by atoms with van der Waals surface area (Å²) in [4.78, 5) is 22.9. The number of ether oxygens (including phenoxy) is 1. The number of sulfonamides is 1. The molecule has 2 fully saturated rings. The van der Waals surface area contributed by atoms with E-state index in [9.17, 15) is 17.6 Å². The zero-order valence-electron chi connectivity index (χ0n) is 21.7. The van der Waals surface area contributed by atoms with Gasteiger partial charge in [-0.15, -0.1) is 0 Å². The lowest BCUT2D eigenvalue weighted by atomic mass is 10.1. The molecule has 3 aromatic rings. The Balaban J connectivity index is 1.43. The molecule has 0 radical (unpaired) electrons. The molecule has 2 aliphatic heterocycles. The van der Waals surface area contributed by atoms with Crippen LogP contribution in [0.25, 0.3) is 10.2 Å². The van der Waals surface area contributed by atoms with Gasteiger partial charge in [0, 0.05) is 32.7 Å². The first-order valence-corrected chi connectivity index (χ1v) is 15.3. The van der Waals surface area contributed by atoms with Gasteiger partial charge >= 0.3 is 0 Å². The highest BCUT2D eigenvalue weighted by atomic mass is 32.2. The maximum Gasteiger partial charge on any atom is 0.247 e. The zero-order valence-corrected chi connectivity index (χ0v) is 23.4. The van der Waals surface area contributed by atoms with Crippen molar-refractivity contribution in [3.8, 4) is 0 Å². The largest absolute Gasteiger partial charge is 0.379 e. The topological polar surface area (TPSA) is 83.1 Å². The number of anilines is 1. The molecule has 8 nitrogen and oxygen atoms in total. The molecule has 1 aromatic heterocycles. The fourth-order valence-corrected chi connectivity index (χ4v) is 8.07. The van der Waals surface area contributed by atoms with Gasteiger partial charge in [0.25, 0.3) is 0 Å². The van der Waals surface area contributed by atoms with E-state index in [4.69, 9.17) is 9.72 Å². The normalized spacial score (nSPS) is 19.3. The third-order valence-electron chi connectivity index (χ3n) is 7.18. The van der Waals surface area contributed by atoms with E-state index < -0.39 is 21.9 Å². The lowest BCUT2D eigenvalue weighted by Gasteiger charge is -2.30. The molecule has 2 aromatic carbocycles. The molecule has 1 unspecified atom stereocenters. The van der Waals surface area contributed by atoms with Crippen LogP contribution in [0.15, 0.2) is 41.3 Å². The molecule has 1 amide bonds. The Labute approximate surface area is 227 Å². The number of thiazole rings is 1. The first-order chi connectivity index (χ1) is 18.2. The minimum atomic E-state index is -3.96. The van der Waals surface area contributed by atoms with E-state index in [1.807, 2.05) is 13.8 Å². The molecule has 2 saturated heterocycles. The minimum absolute atomic E-state index is 0.0106. The molecule has 11 heteroatoms. The second-order valence-corrected chi connectivity index (χ2v) is 12.8. The SMILES string of the molecule is Cc1cc(C)c2nc(N(CCCN3CCOCC3)C(=O)C3CCCN3S(=O)(=O)c3ccc(F)cc3)sc2c1. The van der Waals surface area contributed by atoms with Crippen LogP contribution < -0.4 is 4.90 Å². The number of hydrogen-bond acceptors (Lipinski definition) is 7. The molecule has 0 saturated carbocycles. The van der Waals surface area contributed by atoms with Crippen LogP contribution >= 0.6 is 11.3 Å². The first-order valence-electron chi connectivity index (χ1n) is 13.0. The molecule has 38 heavy (non-hydrogen) atoms. The third kappa shape index (κ3) is 5.62. The molecule has 204 valence electrons. The van der Waals surface area contributed by atoms with Crippen molar-refractivity contribution in [1.29, 1.82) is 0 Å². The van der Waals surface area contributed by atoms with E-state index in [2.05, 4.69) is 17.0 Å². The number of amides is 1. The summed E-state index contributed by atoms with van der Waals surface area (Å²) >= 11 is 1.46. The summed E-state index contributed by atoms with van der Waals surface area (Å²) in [5, 5.41) is 0.590. The highest BCUT2D eigenvalue weighted by Gasteiger charge is 2.42. The molecule has 0 aliphatic carbocycles. The Morgan fingerprint density at radius 3 is 2.63 bits per heavy atom. The average Bonchev–Trinajstić information content (AvgIpc) is 3.55. The molecule has 2 aliphatic rings. The molecular weight excluding hydrogens is 527 g/mol. The van der Waals surface area contributed by atoms with Crippen molar-refractivity contribution < 1.29 is 22.3 Å². The number of benzene rings is 2. The number of carbonyl (C=O) groups excluding carboxylic acids is 1. The fraction of sp³-hybridized carbons (Fsp3) is 0.481. The Hall–Kier alpha value is -2.44. The van der Waals surface area contributed by atoms with Crippen LogP contribution in [0, 0.1) is 19.7 Å². The number of nitrogens with zero attached hydrogens (tertiary/aromatic N) is 4. The van der Waals surface area contributed by atoms with Gasteiger partial charge in [0.1, 0.15) is 11.9 Å². The van der Waals surface area contributed by atoms with Crippen molar-refractivity contribution in [2.75, 3.05) is 50.8 Å². The lowest BCUT2D eigenvalue weighted by Crippen LogP contribution is -2.48. The predicted octanol–water partition coefficient (Wildman–Crippen LogP) is 3.96. The van der Waals surface area contributed by atoms with Gasteiger partial charge in [0.2, 0.25) is 15.9 Å². The van der Waals surface area contributed by atoms with Crippen LogP contribution in [0.2, 0.25) is 0 Å². The molecular formula is C27H33FN4O4S2. The summed E-state index contributed by atoms with van der Waals surface area (Å²) in [6.07, 6.45) is 1.75. The van der Waals surface area contributed by atoms with E-state index in [1.54, 1.807) is 4.90 Å². The van der Waals surface area contributed by atoms with Crippen LogP contribution in [-0.2, 0) is 19.6 Å². The highest BCUT2D eigenvalue weighted by molar-refractivity contribution is 7.89. The smallest absolute Gasteiger partial charge is 0.247 e. The Morgan fingerprint density at radius 2 is 1.89 bits per heavy atom. The van der Waals surface area contributed by atoms with Gasteiger partial charge in [-0.05, 0) is 74.6 Å². The summed E-state index contributed by atoms with van der Waals surface area (Å²) in [5.74, 6) is -0.769. The summed E-state index contributed by atoms with van der Waals surface area (Å²) in [6, 6.07) is 8.08. The second-order valence-electron chi connectivity index (χ2n) is 9.95. The number of morpholine rings is 1. The molecule has 0 bridgehead atoms. The number of halogens is 1. The van der Waals surface area contributed by atoms with Gasteiger partial charge in [-0.2, -0.15) is 4.31 Å². The van der Waals surface area contributed by atoms with Crippen molar-refractivity contribution in [2.24, 2.45) is 0 Å². The van der Waals surface area contributed by atoms with Crippen molar-refractivity contribution in [1.82, 2.24) is 14.2 Å². The fourth-order valence-electron chi connectivity index (χ4n) is 5.25. The van der Waals surface area contributed by atoms with Crippen molar-refractivity contribution in [3.63, 3.8) is 0 Å². The minimum Gasteiger partial charge on any atom is -0.379 e. The van der Waals surface area contributed by atoms with E-state index >= 15 is 0 Å². The quantitative estimate of drug-likeness (QED) is 0.415. The van der Waals surface area contributed by atoms with Gasteiger partial charge in [-0.25, -0.2) is 17.8 Å². The van der Waals surface area contributed by atoms with Gasteiger partial charge in [-0.1, -0.05) is 17.4 Å². The van der Waals surface area contributed by atoms with Crippen LogP contribution in [0.1, 0.15) is 30.4 Å². The Morgan fingerprint density at radius 1 is 1.16 bits per heavy atom. The molecule has 0 N–H and O–H groups in total. The standard InChI is InChI=1S/C27H33FN4O4S2/c1-19-17-20(2)25-24(18-19)37-27(29-25)31(11-4-10-30-13-15-36-16-14-30)26(33)23-5-3-12-32(23)38(34,35)22-8-6-21(28)7-9-22/h6-9,17-18,23H,3-5,10-16H2,1-2H3. The first kappa shape index (κ1) is 27.1. The Bertz CT molecular complexity index is 1400. The molecule has 0 spiro atoms. The van der Waals surface area contributed by atoms with E-state index in [0.29, 0.717) is 37.7 Å². The third-order valence-corrected chi connectivity index (χ3v) is 10.1. The molecule has 5 rings (SSSR count). The summed E-state index contributed by atoms with van der Waals surface area (Å²) < 4.78 is 48.1. The zero-order chi connectivity index (χ0) is 26.9. The van der Waals surface area contributed by atoms with Crippen LogP contribution in [0.4, 0.5) is 9.52 Å². The Kier molecular flexibility index (Phi) is 8.11. The summed E-state index contributed by atoms with van der Waals surface area (Å²) in [7, 11) is -3.96. The number of aromatic nitrogens is 1. The number of aryl methyl sites for hydroxylation is 2. The monoisotopic (exact) mass is 560 g/mol. The predicted molar refractivity (Wildman–Crippen MR) is 147 cm³/mol. The van der Waals surface area contributed by atoms with Crippen molar-refractivity contribution >= 4 is 42.6 Å². The van der Waals surface area contributed by atoms with Gasteiger partial charge in [0.15, 0.2) is 5.13 Å². The van der Waals surface area contributed by atoms with E-state index in [0.717, 1.165) is 59.5 Å². The van der Waals surface area contributed by atoms with E-state index in [1.165, 1.54) is 27.8 Å². The highest BCUT2D eigenvalue weighted by Crippen LogP contribution is 2.34. The summed E-state index contributed by atoms with van der Waals surface area (Å²) in [6.45, 7) is 8.68. The average molecular weight is 561 g/mol. The second kappa shape index (κ2) is 11.4. The maximum absolute atomic E-state index is 14.1. The van der Waals surface area contributed by atoms with Crippen LogP contribution in [0.5, 0.6) is 0 Å². The number of rotatable bonds is 8. The maximum atomic E-state index is 14.1. The molecule has 3 heterocycles. The van der Waals surface area contributed by atoms with Crippen LogP contribution in [0.3, 0.4) is 0 Å². The number of carbonyl (C=O) groups is 1. The van der Waals surface area contributed by atoms with Crippen LogP contribution in [-0.4, -0.2) is 80.5 Å².